The van der Waals surface area contributed by atoms with Crippen molar-refractivity contribution in [2.24, 2.45) is 0 Å². The van der Waals surface area contributed by atoms with Crippen molar-refractivity contribution in [3.05, 3.63) is 67.1 Å². The second kappa shape index (κ2) is 6.95. The van der Waals surface area contributed by atoms with E-state index in [1.807, 2.05) is 12.1 Å². The summed E-state index contributed by atoms with van der Waals surface area (Å²) < 4.78 is 0.892. The third-order valence-electron chi connectivity index (χ3n) is 2.79. The molecule has 5 heteroatoms. The number of carbonyl (C=O) groups excluding carboxylic acids is 1. The zero-order chi connectivity index (χ0) is 14.7. The Morgan fingerprint density at radius 3 is 2.30 bits per heavy atom. The van der Waals surface area contributed by atoms with Gasteiger partial charge in [0.25, 0.3) is 0 Å². The minimum atomic E-state index is 0.0765. The molecular weight excluding hydrogens is 382 g/mol. The van der Waals surface area contributed by atoms with E-state index in [1.54, 1.807) is 24.3 Å². The molecule has 0 N–H and O–H groups in total. The molecule has 1 nitrogen and oxygen atoms in total. The number of ketones is 1. The summed E-state index contributed by atoms with van der Waals surface area (Å²) in [6, 6.07) is 10.7. The molecule has 20 heavy (non-hydrogen) atoms. The summed E-state index contributed by atoms with van der Waals surface area (Å²) in [6.07, 6.45) is 0.607. The molecule has 2 aromatic rings. The molecule has 0 amide bonds. The van der Waals surface area contributed by atoms with Crippen LogP contribution in [0.2, 0.25) is 15.1 Å². The van der Waals surface area contributed by atoms with Crippen LogP contribution in [0.15, 0.2) is 40.9 Å². The smallest absolute Gasteiger partial charge is 0.141 e. The Morgan fingerprint density at radius 1 is 0.900 bits per heavy atom. The predicted octanol–water partition coefficient (Wildman–Crippen LogP) is 5.76. The summed E-state index contributed by atoms with van der Waals surface area (Å²) >= 11 is 21.2. The number of benzene rings is 2. The van der Waals surface area contributed by atoms with Gasteiger partial charge in [-0.05, 0) is 35.4 Å². The van der Waals surface area contributed by atoms with E-state index in [2.05, 4.69) is 15.9 Å². The Balaban J connectivity index is 2.07. The van der Waals surface area contributed by atoms with Crippen molar-refractivity contribution in [3.63, 3.8) is 0 Å². The third kappa shape index (κ3) is 4.23. The number of hydrogen-bond donors (Lipinski definition) is 0. The van der Waals surface area contributed by atoms with Crippen LogP contribution >= 0.6 is 50.7 Å². The van der Waals surface area contributed by atoms with Crippen LogP contribution < -0.4 is 0 Å². The van der Waals surface area contributed by atoms with Crippen LogP contribution in [0.1, 0.15) is 11.1 Å². The van der Waals surface area contributed by atoms with Crippen molar-refractivity contribution in [2.75, 3.05) is 0 Å². The van der Waals surface area contributed by atoms with Crippen LogP contribution in [0, 0.1) is 0 Å². The summed E-state index contributed by atoms with van der Waals surface area (Å²) in [7, 11) is 0. The summed E-state index contributed by atoms with van der Waals surface area (Å²) in [5.74, 6) is 0.0765. The number of rotatable bonds is 4. The lowest BCUT2D eigenvalue weighted by molar-refractivity contribution is -0.117. The van der Waals surface area contributed by atoms with Gasteiger partial charge in [0.05, 0.1) is 10.0 Å². The average Bonchev–Trinajstić information content (AvgIpc) is 2.37. The number of halogens is 4. The first-order valence-corrected chi connectivity index (χ1v) is 7.78. The molecule has 0 aliphatic heterocycles. The fraction of sp³-hybridized carbons (Fsp3) is 0.133. The molecule has 0 heterocycles. The fourth-order valence-corrected chi connectivity index (χ4v) is 2.88. The molecule has 0 saturated heterocycles. The highest BCUT2D eigenvalue weighted by atomic mass is 79.9. The van der Waals surface area contributed by atoms with E-state index in [1.165, 1.54) is 0 Å². The monoisotopic (exact) mass is 390 g/mol. The fourth-order valence-electron chi connectivity index (χ4n) is 1.82. The van der Waals surface area contributed by atoms with Crippen LogP contribution in [0.3, 0.4) is 0 Å². The first kappa shape index (κ1) is 15.8. The summed E-state index contributed by atoms with van der Waals surface area (Å²) in [4.78, 5) is 12.1. The van der Waals surface area contributed by atoms with Gasteiger partial charge in [0.1, 0.15) is 5.78 Å². The van der Waals surface area contributed by atoms with Gasteiger partial charge in [-0.3, -0.25) is 4.79 Å². The van der Waals surface area contributed by atoms with Gasteiger partial charge in [-0.15, -0.1) is 0 Å². The molecule has 0 bridgehead atoms. The molecule has 0 atom stereocenters. The average molecular weight is 393 g/mol. The van der Waals surface area contributed by atoms with E-state index in [-0.39, 0.29) is 5.78 Å². The SMILES string of the molecule is O=C(Cc1ccc(Cl)c(Cl)c1)Cc1ccc(Br)cc1Cl. The third-order valence-corrected chi connectivity index (χ3v) is 4.37. The zero-order valence-corrected chi connectivity index (χ0v) is 14.2. The molecule has 0 unspecified atom stereocenters. The van der Waals surface area contributed by atoms with E-state index in [9.17, 15) is 4.79 Å². The number of hydrogen-bond acceptors (Lipinski definition) is 1. The molecule has 0 spiro atoms. The van der Waals surface area contributed by atoms with Crippen molar-refractivity contribution in [3.8, 4) is 0 Å². The van der Waals surface area contributed by atoms with Crippen LogP contribution in [0.25, 0.3) is 0 Å². The molecule has 0 aliphatic carbocycles. The maximum atomic E-state index is 12.1. The van der Waals surface area contributed by atoms with Gasteiger partial charge >= 0.3 is 0 Å². The van der Waals surface area contributed by atoms with Crippen LogP contribution in [0.4, 0.5) is 0 Å². The Bertz CT molecular complexity index is 656. The van der Waals surface area contributed by atoms with E-state index in [0.717, 1.165) is 15.6 Å². The van der Waals surface area contributed by atoms with E-state index >= 15 is 0 Å². The van der Waals surface area contributed by atoms with Crippen LogP contribution in [-0.4, -0.2) is 5.78 Å². The molecule has 2 aromatic carbocycles. The minimum Gasteiger partial charge on any atom is -0.299 e. The van der Waals surface area contributed by atoms with Gasteiger partial charge in [-0.2, -0.15) is 0 Å². The van der Waals surface area contributed by atoms with Gasteiger partial charge in [-0.1, -0.05) is 62.9 Å². The molecular formula is C15H10BrCl3O. The zero-order valence-electron chi connectivity index (χ0n) is 10.3. The molecule has 0 radical (unpaired) electrons. The highest BCUT2D eigenvalue weighted by molar-refractivity contribution is 9.10. The predicted molar refractivity (Wildman–Crippen MR) is 88.0 cm³/mol. The largest absolute Gasteiger partial charge is 0.299 e. The lowest BCUT2D eigenvalue weighted by Crippen LogP contribution is -2.07. The topological polar surface area (TPSA) is 17.1 Å². The van der Waals surface area contributed by atoms with Crippen molar-refractivity contribution in [1.82, 2.24) is 0 Å². The first-order valence-electron chi connectivity index (χ1n) is 5.85. The van der Waals surface area contributed by atoms with E-state index in [0.29, 0.717) is 27.9 Å². The van der Waals surface area contributed by atoms with Crippen molar-refractivity contribution < 1.29 is 4.79 Å². The van der Waals surface area contributed by atoms with E-state index < -0.39 is 0 Å². The molecule has 0 saturated carbocycles. The summed E-state index contributed by atoms with van der Waals surface area (Å²) in [6.45, 7) is 0. The van der Waals surface area contributed by atoms with Gasteiger partial charge in [0, 0.05) is 22.3 Å². The number of Topliss-reactive ketones (excluding diaryl/α,β-unsaturated/α-hetero) is 1. The maximum absolute atomic E-state index is 12.1. The molecule has 0 aromatic heterocycles. The molecule has 0 aliphatic rings. The standard InChI is InChI=1S/C15H10BrCl3O/c16-11-3-2-10(14(18)8-11)7-12(20)5-9-1-4-13(17)15(19)6-9/h1-4,6,8H,5,7H2. The normalized spacial score (nSPS) is 10.6. The second-order valence-corrected chi connectivity index (χ2v) is 6.51. The highest BCUT2D eigenvalue weighted by Crippen LogP contribution is 2.24. The van der Waals surface area contributed by atoms with Crippen LogP contribution in [0.5, 0.6) is 0 Å². The van der Waals surface area contributed by atoms with Crippen molar-refractivity contribution in [2.45, 2.75) is 12.8 Å². The van der Waals surface area contributed by atoms with Crippen molar-refractivity contribution in [1.29, 1.82) is 0 Å². The van der Waals surface area contributed by atoms with Gasteiger partial charge in [-0.25, -0.2) is 0 Å². The van der Waals surface area contributed by atoms with Crippen LogP contribution in [-0.2, 0) is 17.6 Å². The second-order valence-electron chi connectivity index (χ2n) is 4.38. The Morgan fingerprint density at radius 2 is 1.65 bits per heavy atom. The Hall–Kier alpha value is -0.540. The van der Waals surface area contributed by atoms with E-state index in [4.69, 9.17) is 34.8 Å². The van der Waals surface area contributed by atoms with Crippen molar-refractivity contribution >= 4 is 56.5 Å². The maximum Gasteiger partial charge on any atom is 0.141 e. The quantitative estimate of drug-likeness (QED) is 0.646. The summed E-state index contributed by atoms with van der Waals surface area (Å²) in [5.41, 5.74) is 1.66. The van der Waals surface area contributed by atoms with Gasteiger partial charge in [0.2, 0.25) is 0 Å². The molecule has 2 rings (SSSR count). The first-order chi connectivity index (χ1) is 9.45. The lowest BCUT2D eigenvalue weighted by Gasteiger charge is -2.05. The molecule has 104 valence electrons. The summed E-state index contributed by atoms with van der Waals surface area (Å²) in [5, 5.41) is 1.53. The molecule has 0 fully saturated rings. The Labute approximate surface area is 141 Å². The Kier molecular flexibility index (Phi) is 5.50. The number of carbonyl (C=O) groups is 1. The van der Waals surface area contributed by atoms with Gasteiger partial charge < -0.3 is 0 Å². The van der Waals surface area contributed by atoms with Gasteiger partial charge in [0.15, 0.2) is 0 Å². The minimum absolute atomic E-state index is 0.0765. The lowest BCUT2D eigenvalue weighted by atomic mass is 10.0. The highest BCUT2D eigenvalue weighted by Gasteiger charge is 2.09.